The third kappa shape index (κ3) is 7.62. The van der Waals surface area contributed by atoms with Gasteiger partial charge in [0.2, 0.25) is 0 Å². The molecule has 0 amide bonds. The Morgan fingerprint density at radius 1 is 0.593 bits per heavy atom. The van der Waals surface area contributed by atoms with Crippen LogP contribution < -0.4 is 0 Å². The molecule has 0 bridgehead atoms. The van der Waals surface area contributed by atoms with E-state index in [0.29, 0.717) is 11.1 Å². The van der Waals surface area contributed by atoms with Crippen LogP contribution >= 0.6 is 0 Å². The Morgan fingerprint density at radius 3 is 0.963 bits per heavy atom. The molecule has 0 aromatic heterocycles. The summed E-state index contributed by atoms with van der Waals surface area (Å²) in [6.07, 6.45) is 0. The maximum absolute atomic E-state index is 10.6. The minimum absolute atomic E-state index is 0. The fraction of sp³-hybridized carbons (Fsp3) is 0.364. The largest absolute Gasteiger partial charge is 0.478 e. The molecule has 27 heavy (non-hydrogen) atoms. The fourth-order valence-electron chi connectivity index (χ4n) is 2.23. The summed E-state index contributed by atoms with van der Waals surface area (Å²) in [6.45, 7) is 12.6. The molecule has 0 aliphatic carbocycles. The number of carboxylic acids is 2. The summed E-state index contributed by atoms with van der Waals surface area (Å²) in [4.78, 5) is 21.1. The van der Waals surface area contributed by atoms with Gasteiger partial charge < -0.3 is 15.7 Å². The molecule has 2 aromatic carbocycles. The van der Waals surface area contributed by atoms with Gasteiger partial charge in [0.15, 0.2) is 0 Å². The van der Waals surface area contributed by atoms with Crippen molar-refractivity contribution in [1.82, 2.24) is 0 Å². The summed E-state index contributed by atoms with van der Waals surface area (Å²) >= 11 is 0. The molecule has 0 saturated heterocycles. The lowest BCUT2D eigenvalue weighted by Gasteiger charge is -2.18. The van der Waals surface area contributed by atoms with Crippen molar-refractivity contribution in [1.29, 1.82) is 0 Å². The van der Waals surface area contributed by atoms with Crippen LogP contribution in [0.1, 0.15) is 73.4 Å². The first kappa shape index (κ1) is 24.3. The smallest absolute Gasteiger partial charge is 0.335 e. The molecule has 0 aliphatic heterocycles. The molecule has 5 nitrogen and oxygen atoms in total. The predicted molar refractivity (Wildman–Crippen MR) is 108 cm³/mol. The maximum Gasteiger partial charge on any atom is 0.335 e. The lowest BCUT2D eigenvalue weighted by atomic mass is 9.87. The van der Waals surface area contributed by atoms with Crippen LogP contribution in [0.25, 0.3) is 0 Å². The molecule has 0 atom stereocenters. The van der Waals surface area contributed by atoms with E-state index in [1.807, 2.05) is 24.3 Å². The monoisotopic (exact) mass is 374 g/mol. The van der Waals surface area contributed by atoms with Crippen LogP contribution in [0, 0.1) is 0 Å². The second-order valence-corrected chi connectivity index (χ2v) is 8.27. The van der Waals surface area contributed by atoms with E-state index < -0.39 is 11.9 Å². The Hall–Kier alpha value is -2.66. The summed E-state index contributed by atoms with van der Waals surface area (Å²) in [5.74, 6) is -1.75. The number of benzene rings is 2. The molecule has 0 fully saturated rings. The Bertz CT molecular complexity index is 678. The van der Waals surface area contributed by atoms with Gasteiger partial charge in [0, 0.05) is 0 Å². The van der Waals surface area contributed by atoms with Crippen LogP contribution in [-0.2, 0) is 10.8 Å². The van der Waals surface area contributed by atoms with E-state index in [-0.39, 0.29) is 16.3 Å². The summed E-state index contributed by atoms with van der Waals surface area (Å²) in [5.41, 5.74) is 3.14. The van der Waals surface area contributed by atoms with Crippen molar-refractivity contribution in [2.24, 2.45) is 0 Å². The topological polar surface area (TPSA) is 106 Å². The van der Waals surface area contributed by atoms with E-state index in [1.165, 1.54) is 0 Å². The van der Waals surface area contributed by atoms with E-state index in [2.05, 4.69) is 41.5 Å². The van der Waals surface area contributed by atoms with Crippen LogP contribution in [0.3, 0.4) is 0 Å². The van der Waals surface area contributed by atoms with Gasteiger partial charge in [-0.2, -0.15) is 0 Å². The Balaban J connectivity index is 0.000000483. The van der Waals surface area contributed by atoms with Crippen LogP contribution in [0.15, 0.2) is 48.5 Å². The van der Waals surface area contributed by atoms with E-state index in [0.717, 1.165) is 11.1 Å². The summed E-state index contributed by atoms with van der Waals surface area (Å²) in [5, 5.41) is 17.4. The molecule has 148 valence electrons. The molecule has 4 N–H and O–H groups in total. The van der Waals surface area contributed by atoms with Crippen molar-refractivity contribution in [3.05, 3.63) is 70.8 Å². The van der Waals surface area contributed by atoms with Crippen molar-refractivity contribution >= 4 is 11.9 Å². The maximum atomic E-state index is 10.6. The molecule has 0 aliphatic rings. The zero-order chi connectivity index (χ0) is 20.1. The van der Waals surface area contributed by atoms with Crippen molar-refractivity contribution in [2.45, 2.75) is 52.4 Å². The molecular weight excluding hydrogens is 344 g/mol. The average molecular weight is 374 g/mol. The number of carbonyl (C=O) groups is 2. The highest BCUT2D eigenvalue weighted by atomic mass is 16.4. The van der Waals surface area contributed by atoms with Crippen molar-refractivity contribution in [3.8, 4) is 0 Å². The molecule has 0 saturated carbocycles. The minimum Gasteiger partial charge on any atom is -0.478 e. The first-order valence-electron chi connectivity index (χ1n) is 8.50. The zero-order valence-electron chi connectivity index (χ0n) is 16.8. The number of rotatable bonds is 2. The fourth-order valence-corrected chi connectivity index (χ4v) is 2.23. The van der Waals surface area contributed by atoms with Gasteiger partial charge in [-0.1, -0.05) is 65.8 Å². The molecule has 0 heterocycles. The minimum atomic E-state index is -0.875. The molecule has 2 aromatic rings. The standard InChI is InChI=1S/2C11H14O2.H2O/c2*1-11(2,3)9-6-4-8(5-7-9)10(12)13;/h2*4-7H,1-3H3,(H,12,13);1H2. The van der Waals surface area contributed by atoms with Gasteiger partial charge in [-0.15, -0.1) is 0 Å². The molecule has 0 spiro atoms. The van der Waals surface area contributed by atoms with E-state index in [1.54, 1.807) is 24.3 Å². The average Bonchev–Trinajstić information content (AvgIpc) is 2.54. The Kier molecular flexibility index (Phi) is 8.41. The highest BCUT2D eigenvalue weighted by Gasteiger charge is 2.14. The SMILES string of the molecule is CC(C)(C)c1ccc(C(=O)O)cc1.CC(C)(C)c1ccc(C(=O)O)cc1.O. The molecule has 0 unspecified atom stereocenters. The van der Waals surface area contributed by atoms with Crippen molar-refractivity contribution in [3.63, 3.8) is 0 Å². The molecule has 0 radical (unpaired) electrons. The lowest BCUT2D eigenvalue weighted by molar-refractivity contribution is 0.0686. The third-order valence-electron chi connectivity index (χ3n) is 4.00. The first-order valence-corrected chi connectivity index (χ1v) is 8.50. The predicted octanol–water partition coefficient (Wildman–Crippen LogP) is 4.54. The Labute approximate surface area is 161 Å². The van der Waals surface area contributed by atoms with Crippen molar-refractivity contribution < 1.29 is 25.3 Å². The highest BCUT2D eigenvalue weighted by Crippen LogP contribution is 2.22. The lowest BCUT2D eigenvalue weighted by Crippen LogP contribution is -2.11. The van der Waals surface area contributed by atoms with Gasteiger partial charge in [-0.25, -0.2) is 9.59 Å². The normalized spacial score (nSPS) is 10.9. The summed E-state index contributed by atoms with van der Waals surface area (Å²) in [7, 11) is 0. The second kappa shape index (κ2) is 9.33. The van der Waals surface area contributed by atoms with Gasteiger partial charge >= 0.3 is 11.9 Å². The van der Waals surface area contributed by atoms with Crippen LogP contribution in [0.5, 0.6) is 0 Å². The number of aromatic carboxylic acids is 2. The Morgan fingerprint density at radius 2 is 0.815 bits per heavy atom. The van der Waals surface area contributed by atoms with Crippen molar-refractivity contribution in [2.75, 3.05) is 0 Å². The quantitative estimate of drug-likeness (QED) is 0.804. The van der Waals surface area contributed by atoms with Gasteiger partial charge in [-0.05, 0) is 46.2 Å². The third-order valence-corrected chi connectivity index (χ3v) is 4.00. The highest BCUT2D eigenvalue weighted by molar-refractivity contribution is 5.88. The van der Waals surface area contributed by atoms with E-state index >= 15 is 0 Å². The van der Waals surface area contributed by atoms with Gasteiger partial charge in [-0.3, -0.25) is 0 Å². The van der Waals surface area contributed by atoms with Gasteiger partial charge in [0.05, 0.1) is 11.1 Å². The van der Waals surface area contributed by atoms with Gasteiger partial charge in [0.25, 0.3) is 0 Å². The summed E-state index contributed by atoms with van der Waals surface area (Å²) in [6, 6.07) is 14.0. The summed E-state index contributed by atoms with van der Waals surface area (Å²) < 4.78 is 0. The number of hydrogen-bond acceptors (Lipinski definition) is 2. The zero-order valence-corrected chi connectivity index (χ0v) is 16.8. The number of hydrogen-bond donors (Lipinski definition) is 2. The second-order valence-electron chi connectivity index (χ2n) is 8.27. The molecule has 2 rings (SSSR count). The molecule has 5 heteroatoms. The van der Waals surface area contributed by atoms with Gasteiger partial charge in [0.1, 0.15) is 0 Å². The van der Waals surface area contributed by atoms with Crippen LogP contribution in [0.2, 0.25) is 0 Å². The van der Waals surface area contributed by atoms with Crippen LogP contribution in [-0.4, -0.2) is 27.6 Å². The van der Waals surface area contributed by atoms with E-state index in [4.69, 9.17) is 10.2 Å². The van der Waals surface area contributed by atoms with Crippen LogP contribution in [0.4, 0.5) is 0 Å². The first-order chi connectivity index (χ1) is 11.8. The molecular formula is C22H30O5. The van der Waals surface area contributed by atoms with E-state index in [9.17, 15) is 9.59 Å². The number of carboxylic acid groups (broad SMARTS) is 2.